The molecule has 2 saturated heterocycles. The minimum atomic E-state index is 0.273. The largest absolute Gasteiger partial charge is 0.395 e. The van der Waals surface area contributed by atoms with Gasteiger partial charge in [0, 0.05) is 51.9 Å². The molecule has 0 bridgehead atoms. The van der Waals surface area contributed by atoms with Crippen molar-refractivity contribution in [1.82, 2.24) is 14.7 Å². The predicted octanol–water partition coefficient (Wildman–Crippen LogP) is 2.79. The summed E-state index contributed by atoms with van der Waals surface area (Å²) in [5, 5.41) is 9.11. The van der Waals surface area contributed by atoms with Gasteiger partial charge in [0.15, 0.2) is 0 Å². The van der Waals surface area contributed by atoms with Gasteiger partial charge >= 0.3 is 0 Å². The third-order valence-corrected chi connectivity index (χ3v) is 6.36. The van der Waals surface area contributed by atoms with E-state index in [9.17, 15) is 0 Å². The van der Waals surface area contributed by atoms with Crippen LogP contribution in [0.15, 0.2) is 12.1 Å². The first-order chi connectivity index (χ1) is 12.6. The fourth-order valence-corrected chi connectivity index (χ4v) is 4.51. The standard InChI is InChI=1S/C22H37N3O/c1-18-14-21(16-24-10-8-23(9-11-24)12-13-26)20(3)22(15-18)17-25-7-5-4-6-19(25)2/h14-15,19,26H,4-13,16-17H2,1-3H3/t19-/m0/s1. The van der Waals surface area contributed by atoms with Gasteiger partial charge in [-0.15, -0.1) is 0 Å². The quantitative estimate of drug-likeness (QED) is 0.846. The van der Waals surface area contributed by atoms with Crippen molar-refractivity contribution in [2.45, 2.75) is 59.2 Å². The second kappa shape index (κ2) is 9.32. The molecule has 0 saturated carbocycles. The SMILES string of the molecule is Cc1cc(CN2CCN(CCO)CC2)c(C)c(CN2CCCC[C@@H]2C)c1. The van der Waals surface area contributed by atoms with E-state index in [0.29, 0.717) is 6.04 Å². The first-order valence-corrected chi connectivity index (χ1v) is 10.5. The van der Waals surface area contributed by atoms with E-state index in [1.165, 1.54) is 48.1 Å². The molecule has 4 heteroatoms. The predicted molar refractivity (Wildman–Crippen MR) is 108 cm³/mol. The average molecular weight is 360 g/mol. The summed E-state index contributed by atoms with van der Waals surface area (Å²) in [4.78, 5) is 7.61. The monoisotopic (exact) mass is 359 g/mol. The number of β-amino-alcohol motifs (C(OH)–C–C–N with tert-alkyl or cyclic N) is 1. The zero-order chi connectivity index (χ0) is 18.5. The Morgan fingerprint density at radius 2 is 1.58 bits per heavy atom. The number of likely N-dealkylation sites (tertiary alicyclic amines) is 1. The molecule has 0 amide bonds. The van der Waals surface area contributed by atoms with Crippen molar-refractivity contribution < 1.29 is 5.11 Å². The van der Waals surface area contributed by atoms with E-state index < -0.39 is 0 Å². The van der Waals surface area contributed by atoms with Crippen LogP contribution in [0.1, 0.15) is 48.4 Å². The molecule has 0 unspecified atom stereocenters. The minimum absolute atomic E-state index is 0.273. The lowest BCUT2D eigenvalue weighted by Gasteiger charge is -2.35. The first-order valence-electron chi connectivity index (χ1n) is 10.5. The Morgan fingerprint density at radius 1 is 0.923 bits per heavy atom. The van der Waals surface area contributed by atoms with Crippen LogP contribution in [0.2, 0.25) is 0 Å². The van der Waals surface area contributed by atoms with Crippen LogP contribution >= 0.6 is 0 Å². The molecule has 4 nitrogen and oxygen atoms in total. The number of nitrogens with zero attached hydrogens (tertiary/aromatic N) is 3. The number of aliphatic hydroxyl groups is 1. The molecule has 26 heavy (non-hydrogen) atoms. The van der Waals surface area contributed by atoms with Crippen LogP contribution in [0, 0.1) is 13.8 Å². The summed E-state index contributed by atoms with van der Waals surface area (Å²) in [7, 11) is 0. The Hall–Kier alpha value is -0.940. The van der Waals surface area contributed by atoms with Gasteiger partial charge in [0.1, 0.15) is 0 Å². The molecule has 0 aromatic heterocycles. The zero-order valence-corrected chi connectivity index (χ0v) is 17.0. The second-order valence-corrected chi connectivity index (χ2v) is 8.36. The molecule has 3 rings (SSSR count). The lowest BCUT2D eigenvalue weighted by molar-refractivity contribution is 0.108. The van der Waals surface area contributed by atoms with Gasteiger partial charge in [-0.3, -0.25) is 14.7 Å². The van der Waals surface area contributed by atoms with Crippen LogP contribution in [0.5, 0.6) is 0 Å². The van der Waals surface area contributed by atoms with E-state index in [4.69, 9.17) is 5.11 Å². The lowest BCUT2D eigenvalue weighted by atomic mass is 9.96. The second-order valence-electron chi connectivity index (χ2n) is 8.36. The van der Waals surface area contributed by atoms with Gasteiger partial charge in [0.2, 0.25) is 0 Å². The van der Waals surface area contributed by atoms with Crippen LogP contribution in [0.25, 0.3) is 0 Å². The molecule has 1 atom stereocenters. The van der Waals surface area contributed by atoms with E-state index >= 15 is 0 Å². The summed E-state index contributed by atoms with van der Waals surface area (Å²) in [6, 6.07) is 5.50. The maximum absolute atomic E-state index is 9.11. The van der Waals surface area contributed by atoms with Crippen molar-refractivity contribution in [3.8, 4) is 0 Å². The Bertz CT molecular complexity index is 581. The molecule has 0 aliphatic carbocycles. The highest BCUT2D eigenvalue weighted by molar-refractivity contribution is 5.38. The number of benzene rings is 1. The molecule has 2 heterocycles. The van der Waals surface area contributed by atoms with Crippen LogP contribution in [-0.4, -0.2) is 71.7 Å². The van der Waals surface area contributed by atoms with Gasteiger partial charge in [0.05, 0.1) is 6.61 Å². The molecule has 2 aliphatic rings. The summed E-state index contributed by atoms with van der Waals surface area (Å²) in [5.74, 6) is 0. The molecule has 0 radical (unpaired) electrons. The number of aryl methyl sites for hydroxylation is 1. The van der Waals surface area contributed by atoms with E-state index in [2.05, 4.69) is 47.6 Å². The maximum Gasteiger partial charge on any atom is 0.0558 e. The molecule has 2 fully saturated rings. The smallest absolute Gasteiger partial charge is 0.0558 e. The topological polar surface area (TPSA) is 30.0 Å². The van der Waals surface area contributed by atoms with Gasteiger partial charge < -0.3 is 5.11 Å². The minimum Gasteiger partial charge on any atom is -0.395 e. The molecule has 1 N–H and O–H groups in total. The van der Waals surface area contributed by atoms with Gasteiger partial charge in [-0.25, -0.2) is 0 Å². The van der Waals surface area contributed by atoms with Crippen molar-refractivity contribution in [2.24, 2.45) is 0 Å². The van der Waals surface area contributed by atoms with Crippen molar-refractivity contribution in [3.63, 3.8) is 0 Å². The third kappa shape index (κ3) is 5.07. The molecule has 146 valence electrons. The fourth-order valence-electron chi connectivity index (χ4n) is 4.51. The van der Waals surface area contributed by atoms with Crippen molar-refractivity contribution >= 4 is 0 Å². The summed E-state index contributed by atoms with van der Waals surface area (Å²) in [6.07, 6.45) is 4.08. The van der Waals surface area contributed by atoms with Crippen LogP contribution in [0.3, 0.4) is 0 Å². The van der Waals surface area contributed by atoms with Crippen LogP contribution in [-0.2, 0) is 13.1 Å². The molecule has 0 spiro atoms. The van der Waals surface area contributed by atoms with E-state index in [1.54, 1.807) is 0 Å². The van der Waals surface area contributed by atoms with Crippen molar-refractivity contribution in [3.05, 3.63) is 34.4 Å². The highest BCUT2D eigenvalue weighted by atomic mass is 16.3. The summed E-state index contributed by atoms with van der Waals surface area (Å²) in [6.45, 7) is 15.8. The summed E-state index contributed by atoms with van der Waals surface area (Å²) >= 11 is 0. The number of rotatable bonds is 6. The summed E-state index contributed by atoms with van der Waals surface area (Å²) in [5.41, 5.74) is 5.91. The molecule has 1 aromatic rings. The molecule has 2 aliphatic heterocycles. The maximum atomic E-state index is 9.11. The van der Waals surface area contributed by atoms with Gasteiger partial charge in [-0.1, -0.05) is 24.1 Å². The highest BCUT2D eigenvalue weighted by Gasteiger charge is 2.21. The normalized spacial score (nSPS) is 23.5. The number of aliphatic hydroxyl groups excluding tert-OH is 1. The Kier molecular flexibility index (Phi) is 7.10. The Balaban J connectivity index is 1.65. The van der Waals surface area contributed by atoms with E-state index in [1.807, 2.05) is 0 Å². The van der Waals surface area contributed by atoms with Gasteiger partial charge in [-0.2, -0.15) is 0 Å². The van der Waals surface area contributed by atoms with Crippen molar-refractivity contribution in [1.29, 1.82) is 0 Å². The first kappa shape index (κ1) is 19.8. The van der Waals surface area contributed by atoms with Gasteiger partial charge in [0.25, 0.3) is 0 Å². The fraction of sp³-hybridized carbons (Fsp3) is 0.727. The molecule has 1 aromatic carbocycles. The zero-order valence-electron chi connectivity index (χ0n) is 17.0. The third-order valence-electron chi connectivity index (χ3n) is 6.36. The van der Waals surface area contributed by atoms with E-state index in [-0.39, 0.29) is 6.61 Å². The van der Waals surface area contributed by atoms with Gasteiger partial charge in [-0.05, 0) is 56.8 Å². The number of piperidine rings is 1. The van der Waals surface area contributed by atoms with Crippen molar-refractivity contribution in [2.75, 3.05) is 45.9 Å². The Morgan fingerprint density at radius 3 is 2.23 bits per heavy atom. The number of hydrogen-bond donors (Lipinski definition) is 1. The lowest BCUT2D eigenvalue weighted by Crippen LogP contribution is -2.46. The van der Waals surface area contributed by atoms with E-state index in [0.717, 1.165) is 45.8 Å². The Labute approximate surface area is 159 Å². The molecular formula is C22H37N3O. The number of hydrogen-bond acceptors (Lipinski definition) is 4. The van der Waals surface area contributed by atoms with Crippen LogP contribution in [0.4, 0.5) is 0 Å². The van der Waals surface area contributed by atoms with Crippen LogP contribution < -0.4 is 0 Å². The summed E-state index contributed by atoms with van der Waals surface area (Å²) < 4.78 is 0. The molecular weight excluding hydrogens is 322 g/mol. The highest BCUT2D eigenvalue weighted by Crippen LogP contribution is 2.24. The average Bonchev–Trinajstić information content (AvgIpc) is 2.63. The number of piperazine rings is 1.